The Morgan fingerprint density at radius 3 is 2.69 bits per heavy atom. The number of methoxy groups -OCH3 is 1. The Morgan fingerprint density at radius 2 is 2.08 bits per heavy atom. The molecule has 0 aliphatic rings. The van der Waals surface area contributed by atoms with Crippen LogP contribution in [0.2, 0.25) is 0 Å². The number of pyridine rings is 1. The van der Waals surface area contributed by atoms with Crippen molar-refractivity contribution in [2.75, 3.05) is 22.9 Å². The van der Waals surface area contributed by atoms with Crippen molar-refractivity contribution in [1.82, 2.24) is 4.57 Å². The molecule has 0 bridgehead atoms. The van der Waals surface area contributed by atoms with Gasteiger partial charge in [-0.3, -0.25) is 14.1 Å². The van der Waals surface area contributed by atoms with Crippen LogP contribution in [0.1, 0.15) is 19.8 Å². The van der Waals surface area contributed by atoms with E-state index in [1.54, 1.807) is 19.2 Å². The van der Waals surface area contributed by atoms with Crippen LogP contribution in [0.25, 0.3) is 0 Å². The molecule has 0 spiro atoms. The van der Waals surface area contributed by atoms with Gasteiger partial charge < -0.3 is 10.1 Å². The summed E-state index contributed by atoms with van der Waals surface area (Å²) in [5.41, 5.74) is 0.221. The molecular weight excluding hydrogens is 472 g/mol. The molecule has 0 aliphatic heterocycles. The van der Waals surface area contributed by atoms with Crippen molar-refractivity contribution in [3.8, 4) is 5.75 Å². The van der Waals surface area contributed by atoms with Gasteiger partial charge in [0.1, 0.15) is 28.3 Å². The fraction of sp³-hybridized carbons (Fsp3) is 0.353. The zero-order valence-corrected chi connectivity index (χ0v) is 17.7. The maximum atomic E-state index is 14.2. The summed E-state index contributed by atoms with van der Waals surface area (Å²) in [7, 11) is 1.62. The van der Waals surface area contributed by atoms with E-state index < -0.39 is 16.8 Å². The number of halogens is 2. The Bertz CT molecular complexity index is 873. The number of nitrogens with one attached hydrogen (secondary N) is 2. The summed E-state index contributed by atoms with van der Waals surface area (Å²) in [6.07, 6.45) is 1.71. The topological polar surface area (TPSA) is 72.4 Å². The second kappa shape index (κ2) is 9.36. The van der Waals surface area contributed by atoms with Gasteiger partial charge in [-0.2, -0.15) is 0 Å². The predicted molar refractivity (Wildman–Crippen MR) is 112 cm³/mol. The molecule has 1 aromatic heterocycles. The van der Waals surface area contributed by atoms with Gasteiger partial charge in [0.05, 0.1) is 12.8 Å². The molecule has 1 unspecified atom stereocenters. The van der Waals surface area contributed by atoms with Crippen molar-refractivity contribution in [3.63, 3.8) is 0 Å². The van der Waals surface area contributed by atoms with E-state index in [1.165, 1.54) is 23.8 Å². The standard InChI is InChI=1S/C17H21FIN3O3S/c1-4-5-8-26(24)21-16-14(25-3)10-15(23)22(2)17(16)20-13-7-6-11(19)9-12(13)18/h6-7,9-10,20-21H,4-5,8H2,1-3H3. The van der Waals surface area contributed by atoms with E-state index in [2.05, 4.69) is 10.0 Å². The molecule has 1 aromatic carbocycles. The second-order valence-electron chi connectivity index (χ2n) is 5.59. The van der Waals surface area contributed by atoms with Gasteiger partial charge in [-0.25, -0.2) is 8.60 Å². The number of benzene rings is 1. The number of anilines is 3. The Labute approximate surface area is 167 Å². The van der Waals surface area contributed by atoms with E-state index in [9.17, 15) is 13.4 Å². The lowest BCUT2D eigenvalue weighted by Gasteiger charge is -2.19. The number of hydrogen-bond acceptors (Lipinski definition) is 4. The summed E-state index contributed by atoms with van der Waals surface area (Å²) in [4.78, 5) is 12.2. The molecule has 2 aromatic rings. The van der Waals surface area contributed by atoms with Crippen LogP contribution in [0.5, 0.6) is 5.75 Å². The van der Waals surface area contributed by atoms with Gasteiger partial charge in [-0.05, 0) is 47.2 Å². The molecule has 142 valence electrons. The molecule has 9 heteroatoms. The lowest BCUT2D eigenvalue weighted by molar-refractivity contribution is 0.415. The fourth-order valence-electron chi connectivity index (χ4n) is 2.24. The van der Waals surface area contributed by atoms with Gasteiger partial charge in [0.25, 0.3) is 5.56 Å². The average molecular weight is 493 g/mol. The van der Waals surface area contributed by atoms with Crippen LogP contribution in [0.3, 0.4) is 0 Å². The number of hydrogen-bond donors (Lipinski definition) is 2. The molecule has 0 saturated heterocycles. The van der Waals surface area contributed by atoms with Gasteiger partial charge in [-0.15, -0.1) is 0 Å². The number of ether oxygens (including phenoxy) is 1. The Kier molecular flexibility index (Phi) is 7.44. The van der Waals surface area contributed by atoms with Gasteiger partial charge >= 0.3 is 0 Å². The van der Waals surface area contributed by atoms with Crippen molar-refractivity contribution < 1.29 is 13.3 Å². The summed E-state index contributed by atoms with van der Waals surface area (Å²) in [5, 5.41) is 2.92. The molecule has 0 aliphatic carbocycles. The van der Waals surface area contributed by atoms with Crippen molar-refractivity contribution in [1.29, 1.82) is 0 Å². The first kappa shape index (κ1) is 20.7. The highest BCUT2D eigenvalue weighted by molar-refractivity contribution is 14.1. The summed E-state index contributed by atoms with van der Waals surface area (Å²) in [6, 6.07) is 6.01. The first-order chi connectivity index (χ1) is 12.4. The smallest absolute Gasteiger partial charge is 0.255 e. The normalized spacial score (nSPS) is 11.9. The van der Waals surface area contributed by atoms with Crippen LogP contribution in [0.15, 0.2) is 29.1 Å². The lowest BCUT2D eigenvalue weighted by atomic mass is 10.3. The number of unbranched alkanes of at least 4 members (excludes halogenated alkanes) is 1. The molecule has 2 rings (SSSR count). The number of aromatic nitrogens is 1. The van der Waals surface area contributed by atoms with E-state index in [0.717, 1.165) is 16.4 Å². The molecule has 0 amide bonds. The molecule has 6 nitrogen and oxygen atoms in total. The minimum atomic E-state index is -1.36. The third-order valence-electron chi connectivity index (χ3n) is 3.71. The maximum Gasteiger partial charge on any atom is 0.255 e. The zero-order valence-electron chi connectivity index (χ0n) is 14.8. The summed E-state index contributed by atoms with van der Waals surface area (Å²) in [6.45, 7) is 2.01. The van der Waals surface area contributed by atoms with Crippen molar-refractivity contribution in [2.45, 2.75) is 19.8 Å². The summed E-state index contributed by atoms with van der Waals surface area (Å²) >= 11 is 2.02. The first-order valence-corrected chi connectivity index (χ1v) is 10.4. The third kappa shape index (κ3) is 4.97. The molecule has 26 heavy (non-hydrogen) atoms. The zero-order chi connectivity index (χ0) is 19.3. The van der Waals surface area contributed by atoms with E-state index in [-0.39, 0.29) is 22.8 Å². The third-order valence-corrected chi connectivity index (χ3v) is 5.47. The van der Waals surface area contributed by atoms with Crippen LogP contribution in [0, 0.1) is 9.39 Å². The number of nitrogens with zero attached hydrogens (tertiary/aromatic N) is 1. The highest BCUT2D eigenvalue weighted by Crippen LogP contribution is 2.34. The average Bonchev–Trinajstić information content (AvgIpc) is 2.60. The molecule has 0 fully saturated rings. The van der Waals surface area contributed by atoms with Crippen molar-refractivity contribution in [3.05, 3.63) is 44.0 Å². The summed E-state index contributed by atoms with van der Waals surface area (Å²) in [5.74, 6) is 0.524. The molecule has 2 N–H and O–H groups in total. The van der Waals surface area contributed by atoms with Crippen molar-refractivity contribution >= 4 is 50.8 Å². The van der Waals surface area contributed by atoms with Crippen LogP contribution in [0.4, 0.5) is 21.6 Å². The van der Waals surface area contributed by atoms with E-state index in [1.807, 2.05) is 29.5 Å². The SMILES string of the molecule is CCCCS(=O)Nc1c(OC)cc(=O)n(C)c1Nc1ccc(I)cc1F. The van der Waals surface area contributed by atoms with Gasteiger partial charge in [0.15, 0.2) is 5.75 Å². The monoisotopic (exact) mass is 493 g/mol. The molecule has 0 saturated carbocycles. The first-order valence-electron chi connectivity index (χ1n) is 8.02. The molecule has 1 heterocycles. The highest BCUT2D eigenvalue weighted by Gasteiger charge is 2.18. The molecule has 0 radical (unpaired) electrons. The molecular formula is C17H21FIN3O3S. The minimum absolute atomic E-state index is 0.205. The van der Waals surface area contributed by atoms with Crippen LogP contribution in [-0.4, -0.2) is 21.6 Å². The highest BCUT2D eigenvalue weighted by atomic mass is 127. The van der Waals surface area contributed by atoms with E-state index in [4.69, 9.17) is 4.74 Å². The predicted octanol–water partition coefficient (Wildman–Crippen LogP) is 3.76. The molecule has 1 atom stereocenters. The maximum absolute atomic E-state index is 14.2. The van der Waals surface area contributed by atoms with Crippen LogP contribution in [-0.2, 0) is 18.0 Å². The quantitative estimate of drug-likeness (QED) is 0.550. The fourth-order valence-corrected chi connectivity index (χ4v) is 3.77. The van der Waals surface area contributed by atoms with Crippen molar-refractivity contribution in [2.24, 2.45) is 7.05 Å². The van der Waals surface area contributed by atoms with Crippen LogP contribution < -0.4 is 20.3 Å². The largest absolute Gasteiger partial charge is 0.494 e. The van der Waals surface area contributed by atoms with Gasteiger partial charge in [0.2, 0.25) is 0 Å². The summed E-state index contributed by atoms with van der Waals surface area (Å²) < 4.78 is 36.8. The Balaban J connectivity index is 2.49. The van der Waals surface area contributed by atoms with Crippen LogP contribution >= 0.6 is 22.6 Å². The van der Waals surface area contributed by atoms with E-state index >= 15 is 0 Å². The van der Waals surface area contributed by atoms with Gasteiger partial charge in [0, 0.05) is 22.4 Å². The number of rotatable bonds is 8. The second-order valence-corrected chi connectivity index (χ2v) is 8.14. The minimum Gasteiger partial charge on any atom is -0.494 e. The van der Waals surface area contributed by atoms with E-state index in [0.29, 0.717) is 11.4 Å². The lowest BCUT2D eigenvalue weighted by Crippen LogP contribution is -2.22. The Morgan fingerprint density at radius 1 is 1.35 bits per heavy atom. The van der Waals surface area contributed by atoms with Gasteiger partial charge in [-0.1, -0.05) is 13.3 Å². The Hall–Kier alpha value is -1.62.